The van der Waals surface area contributed by atoms with Gasteiger partial charge >= 0.3 is 0 Å². The molecular weight excluding hydrogens is 144 g/mol. The minimum absolute atomic E-state index is 0.453. The molecule has 60 valence electrons. The molecule has 0 fully saturated rings. The lowest BCUT2D eigenvalue weighted by Gasteiger charge is -2.28. The average Bonchev–Trinajstić information content (AvgIpc) is 1.95. The Kier molecular flexibility index (Phi) is 1.85. The first-order valence-electron chi connectivity index (χ1n) is 3.22. The van der Waals surface area contributed by atoms with Crippen molar-refractivity contribution in [3.8, 4) is 0 Å². The minimum atomic E-state index is -1.71. The van der Waals surface area contributed by atoms with E-state index in [4.69, 9.17) is 5.11 Å². The maximum absolute atomic E-state index is 9.48. The average molecular weight is 154 g/mol. The molecule has 3 nitrogen and oxygen atoms in total. The second kappa shape index (κ2) is 2.53. The van der Waals surface area contributed by atoms with Crippen LogP contribution in [0.25, 0.3) is 0 Å². The van der Waals surface area contributed by atoms with E-state index in [-0.39, 0.29) is 0 Å². The number of allylic oxidation sites excluding steroid dienone is 2. The van der Waals surface area contributed by atoms with E-state index in [1.54, 1.807) is 6.08 Å². The summed E-state index contributed by atoms with van der Waals surface area (Å²) < 4.78 is 0. The third-order valence-corrected chi connectivity index (χ3v) is 1.67. The van der Waals surface area contributed by atoms with Gasteiger partial charge < -0.3 is 15.3 Å². The third kappa shape index (κ3) is 1.20. The fourth-order valence-corrected chi connectivity index (χ4v) is 0.884. The molecule has 0 unspecified atom stereocenters. The second-order valence-electron chi connectivity index (χ2n) is 2.46. The molecular formula is C8H10O3. The topological polar surface area (TPSA) is 60.7 Å². The van der Waals surface area contributed by atoms with Gasteiger partial charge in [0.05, 0.1) is 0 Å². The van der Waals surface area contributed by atoms with Crippen molar-refractivity contribution < 1.29 is 15.3 Å². The summed E-state index contributed by atoms with van der Waals surface area (Å²) in [7, 11) is 0. The van der Waals surface area contributed by atoms with Gasteiger partial charge in [0.25, 0.3) is 0 Å². The van der Waals surface area contributed by atoms with Crippen LogP contribution in [0, 0.1) is 0 Å². The van der Waals surface area contributed by atoms with E-state index in [1.165, 1.54) is 18.2 Å². The van der Waals surface area contributed by atoms with E-state index >= 15 is 0 Å². The van der Waals surface area contributed by atoms with Crippen LogP contribution in [0.2, 0.25) is 0 Å². The Bertz CT molecular complexity index is 229. The van der Waals surface area contributed by atoms with Gasteiger partial charge in [-0.3, -0.25) is 0 Å². The van der Waals surface area contributed by atoms with Crippen LogP contribution in [-0.2, 0) is 0 Å². The third-order valence-electron chi connectivity index (χ3n) is 1.67. The molecule has 0 saturated carbocycles. The van der Waals surface area contributed by atoms with Gasteiger partial charge in [-0.05, 0) is 6.08 Å². The van der Waals surface area contributed by atoms with Crippen LogP contribution in [0.15, 0.2) is 36.6 Å². The number of aliphatic hydroxyl groups is 3. The lowest BCUT2D eigenvalue weighted by atomic mass is 9.91. The molecule has 0 bridgehead atoms. The van der Waals surface area contributed by atoms with E-state index in [1.807, 2.05) is 0 Å². The molecule has 11 heavy (non-hydrogen) atoms. The van der Waals surface area contributed by atoms with Gasteiger partial charge in [0, 0.05) is 0 Å². The van der Waals surface area contributed by atoms with Crippen LogP contribution in [-0.4, -0.2) is 27.0 Å². The minimum Gasteiger partial charge on any atom is -0.509 e. The normalized spacial score (nSPS) is 35.6. The highest BCUT2D eigenvalue weighted by Gasteiger charge is 2.35. The van der Waals surface area contributed by atoms with Gasteiger partial charge in [0.15, 0.2) is 5.60 Å². The monoisotopic (exact) mass is 154 g/mol. The van der Waals surface area contributed by atoms with Crippen LogP contribution in [0.3, 0.4) is 0 Å². The number of aliphatic hydroxyl groups excluding tert-OH is 2. The summed E-state index contributed by atoms with van der Waals surface area (Å²) >= 11 is 0. The number of hydrogen-bond acceptors (Lipinski definition) is 3. The van der Waals surface area contributed by atoms with Crippen LogP contribution >= 0.6 is 0 Å². The first-order valence-corrected chi connectivity index (χ1v) is 3.22. The van der Waals surface area contributed by atoms with Crippen molar-refractivity contribution in [2.45, 2.75) is 11.7 Å². The van der Waals surface area contributed by atoms with Crippen molar-refractivity contribution in [3.05, 3.63) is 36.6 Å². The van der Waals surface area contributed by atoms with Gasteiger partial charge in [0.2, 0.25) is 0 Å². The number of rotatable bonds is 1. The molecule has 1 aliphatic carbocycles. The second-order valence-corrected chi connectivity index (χ2v) is 2.46. The summed E-state index contributed by atoms with van der Waals surface area (Å²) in [6, 6.07) is 0. The Morgan fingerprint density at radius 3 is 2.45 bits per heavy atom. The van der Waals surface area contributed by atoms with E-state index in [9.17, 15) is 10.2 Å². The van der Waals surface area contributed by atoms with Crippen molar-refractivity contribution >= 4 is 0 Å². The van der Waals surface area contributed by atoms with Crippen LogP contribution in [0.4, 0.5) is 0 Å². The van der Waals surface area contributed by atoms with E-state index in [2.05, 4.69) is 6.58 Å². The summed E-state index contributed by atoms with van der Waals surface area (Å²) in [5.41, 5.74) is -1.71. The quantitative estimate of drug-likeness (QED) is 0.475. The summed E-state index contributed by atoms with van der Waals surface area (Å²) in [6.45, 7) is 3.16. The lowest BCUT2D eigenvalue weighted by Crippen LogP contribution is -2.41. The molecule has 1 rings (SSSR count). The Labute approximate surface area is 64.6 Å². The number of hydrogen-bond donors (Lipinski definition) is 3. The Morgan fingerprint density at radius 1 is 1.45 bits per heavy atom. The molecule has 0 radical (unpaired) electrons. The van der Waals surface area contributed by atoms with E-state index in [0.717, 1.165) is 0 Å². The molecule has 2 atom stereocenters. The Balaban J connectivity index is 2.94. The molecule has 0 aliphatic heterocycles. The van der Waals surface area contributed by atoms with Gasteiger partial charge in [-0.25, -0.2) is 0 Å². The first kappa shape index (κ1) is 8.04. The molecule has 0 saturated heterocycles. The summed E-state index contributed by atoms with van der Waals surface area (Å²) in [5.74, 6) is -0.453. The van der Waals surface area contributed by atoms with Crippen molar-refractivity contribution in [3.63, 3.8) is 0 Å². The van der Waals surface area contributed by atoms with Gasteiger partial charge in [0.1, 0.15) is 11.9 Å². The molecule has 0 heterocycles. The van der Waals surface area contributed by atoms with Crippen LogP contribution in [0.5, 0.6) is 0 Å². The summed E-state index contributed by atoms with van der Waals surface area (Å²) in [5, 5.41) is 27.6. The van der Waals surface area contributed by atoms with Crippen molar-refractivity contribution in [1.29, 1.82) is 0 Å². The smallest absolute Gasteiger partial charge is 0.168 e. The zero-order chi connectivity index (χ0) is 8.48. The highest BCUT2D eigenvalue weighted by molar-refractivity contribution is 5.30. The van der Waals surface area contributed by atoms with Gasteiger partial charge in [-0.15, -0.1) is 0 Å². The highest BCUT2D eigenvalue weighted by Crippen LogP contribution is 2.23. The van der Waals surface area contributed by atoms with E-state index < -0.39 is 17.5 Å². The first-order chi connectivity index (χ1) is 5.07. The summed E-state index contributed by atoms with van der Waals surface area (Å²) in [4.78, 5) is 0. The van der Waals surface area contributed by atoms with Crippen molar-refractivity contribution in [2.75, 3.05) is 0 Å². The van der Waals surface area contributed by atoms with E-state index in [0.29, 0.717) is 0 Å². The predicted octanol–water partition coefficient (Wildman–Crippen LogP) is 0.276. The lowest BCUT2D eigenvalue weighted by molar-refractivity contribution is -0.0142. The molecule has 1 aliphatic rings. The molecule has 0 aromatic heterocycles. The maximum atomic E-state index is 9.48. The molecule has 0 amide bonds. The highest BCUT2D eigenvalue weighted by atomic mass is 16.4. The Hall–Kier alpha value is -1.06. The standard InChI is InChI=1S/C8H10O3/c1-6(9)8(11)5-3-2-4-7(8)10/h2-5,7,9-11H,1H2/t7-,8+/m1/s1. The fourth-order valence-electron chi connectivity index (χ4n) is 0.884. The zero-order valence-electron chi connectivity index (χ0n) is 5.94. The molecule has 3 heteroatoms. The molecule has 0 aromatic rings. The van der Waals surface area contributed by atoms with Crippen molar-refractivity contribution in [1.82, 2.24) is 0 Å². The van der Waals surface area contributed by atoms with Crippen molar-refractivity contribution in [2.24, 2.45) is 0 Å². The molecule has 0 spiro atoms. The maximum Gasteiger partial charge on any atom is 0.168 e. The Morgan fingerprint density at radius 2 is 2.09 bits per heavy atom. The molecule has 0 aromatic carbocycles. The zero-order valence-corrected chi connectivity index (χ0v) is 5.94. The SMILES string of the molecule is C=C(O)[C@@]1(O)C=CC=C[C@H]1O. The van der Waals surface area contributed by atoms with Gasteiger partial charge in [-0.2, -0.15) is 0 Å². The summed E-state index contributed by atoms with van der Waals surface area (Å²) in [6.07, 6.45) is 4.67. The van der Waals surface area contributed by atoms with Gasteiger partial charge in [-0.1, -0.05) is 24.8 Å². The van der Waals surface area contributed by atoms with Crippen LogP contribution in [0.1, 0.15) is 0 Å². The molecule has 3 N–H and O–H groups in total. The predicted molar refractivity (Wildman–Crippen MR) is 41.0 cm³/mol. The fraction of sp³-hybridized carbons (Fsp3) is 0.250. The van der Waals surface area contributed by atoms with Crippen LogP contribution < -0.4 is 0 Å². The largest absolute Gasteiger partial charge is 0.509 e.